The van der Waals surface area contributed by atoms with Crippen LogP contribution in [-0.2, 0) is 9.53 Å². The fourth-order valence-electron chi connectivity index (χ4n) is 3.30. The van der Waals surface area contributed by atoms with Crippen molar-refractivity contribution in [2.45, 2.75) is 16.8 Å². The summed E-state index contributed by atoms with van der Waals surface area (Å²) in [5.41, 5.74) is 3.62. The molecule has 0 unspecified atom stereocenters. The number of carbonyl (C=O) groups is 2. The molecule has 0 spiro atoms. The van der Waals surface area contributed by atoms with Gasteiger partial charge in [0.25, 0.3) is 5.24 Å². The van der Waals surface area contributed by atoms with Gasteiger partial charge in [-0.2, -0.15) is 0 Å². The second kappa shape index (κ2) is 11.9. The van der Waals surface area contributed by atoms with E-state index in [1.165, 1.54) is 17.4 Å². The molecule has 1 fully saturated rings. The lowest BCUT2D eigenvalue weighted by Crippen LogP contribution is -2.36. The molecule has 0 saturated carbocycles. The number of amides is 1. The second-order valence-corrected chi connectivity index (χ2v) is 9.68. The predicted octanol–water partition coefficient (Wildman–Crippen LogP) is 4.87. The standard InChI is InChI=1S/C24H25N5O4S2/c1-16-14-25-23(26-17-2-6-19(7-3-17)29-10-12-33-13-11-29)28-22(16)35-20-8-4-18(5-9-20)27-24(32)34-15-21(30)31/h2-9,14H,10-13,15H2,1H3,(H,27,32)(H,30,31)(H,25,26,28). The molecule has 3 aromatic rings. The summed E-state index contributed by atoms with van der Waals surface area (Å²) in [6, 6.07) is 15.5. The van der Waals surface area contributed by atoms with Gasteiger partial charge < -0.3 is 25.4 Å². The second-order valence-electron chi connectivity index (χ2n) is 7.67. The number of benzene rings is 2. The Morgan fingerprint density at radius 2 is 1.74 bits per heavy atom. The first-order valence-electron chi connectivity index (χ1n) is 10.9. The van der Waals surface area contributed by atoms with Gasteiger partial charge in [-0.25, -0.2) is 9.97 Å². The van der Waals surface area contributed by atoms with E-state index in [2.05, 4.69) is 37.6 Å². The highest BCUT2D eigenvalue weighted by Gasteiger charge is 2.12. The lowest BCUT2D eigenvalue weighted by Gasteiger charge is -2.28. The number of aryl methyl sites for hydroxylation is 1. The maximum absolute atomic E-state index is 11.8. The Morgan fingerprint density at radius 1 is 1.06 bits per heavy atom. The SMILES string of the molecule is Cc1cnc(Nc2ccc(N3CCOCC3)cc2)nc1Sc1ccc(NC(=O)SCC(=O)O)cc1. The van der Waals surface area contributed by atoms with Crippen molar-refractivity contribution in [2.24, 2.45) is 0 Å². The molecular weight excluding hydrogens is 486 g/mol. The van der Waals surface area contributed by atoms with Crippen molar-refractivity contribution in [1.82, 2.24) is 9.97 Å². The van der Waals surface area contributed by atoms with Crippen molar-refractivity contribution in [3.63, 3.8) is 0 Å². The molecule has 3 N–H and O–H groups in total. The zero-order chi connectivity index (χ0) is 24.6. The van der Waals surface area contributed by atoms with Gasteiger partial charge in [-0.05, 0) is 55.5 Å². The Balaban J connectivity index is 1.36. The van der Waals surface area contributed by atoms with Crippen molar-refractivity contribution in [3.8, 4) is 0 Å². The maximum atomic E-state index is 11.8. The van der Waals surface area contributed by atoms with Crippen LogP contribution in [0.25, 0.3) is 0 Å². The van der Waals surface area contributed by atoms with Gasteiger partial charge in [0.1, 0.15) is 10.8 Å². The maximum Gasteiger partial charge on any atom is 0.314 e. The van der Waals surface area contributed by atoms with Gasteiger partial charge in [-0.1, -0.05) is 23.5 Å². The molecular formula is C24H25N5O4S2. The average molecular weight is 512 g/mol. The number of nitrogens with zero attached hydrogens (tertiary/aromatic N) is 3. The minimum atomic E-state index is -1.03. The van der Waals surface area contributed by atoms with E-state index in [1.54, 1.807) is 18.3 Å². The first-order valence-corrected chi connectivity index (χ1v) is 12.7. The molecule has 0 bridgehead atoms. The molecule has 2 heterocycles. The first-order chi connectivity index (χ1) is 17.0. The van der Waals surface area contributed by atoms with E-state index in [0.29, 0.717) is 23.4 Å². The predicted molar refractivity (Wildman–Crippen MR) is 139 cm³/mol. The van der Waals surface area contributed by atoms with E-state index in [4.69, 9.17) is 9.84 Å². The largest absolute Gasteiger partial charge is 0.481 e. The van der Waals surface area contributed by atoms with Crippen molar-refractivity contribution in [2.75, 3.05) is 47.6 Å². The van der Waals surface area contributed by atoms with Crippen molar-refractivity contribution >= 4 is 57.7 Å². The van der Waals surface area contributed by atoms with E-state index in [-0.39, 0.29) is 5.75 Å². The quantitative estimate of drug-likeness (QED) is 0.362. The van der Waals surface area contributed by atoms with Crippen LogP contribution in [0.2, 0.25) is 0 Å². The third-order valence-corrected chi connectivity index (χ3v) is 6.94. The summed E-state index contributed by atoms with van der Waals surface area (Å²) in [6.07, 6.45) is 1.79. The molecule has 1 amide bonds. The van der Waals surface area contributed by atoms with Crippen LogP contribution in [0.3, 0.4) is 0 Å². The van der Waals surface area contributed by atoms with Crippen molar-refractivity contribution in [1.29, 1.82) is 0 Å². The molecule has 0 aliphatic carbocycles. The number of carboxylic acids is 1. The molecule has 1 aliphatic heterocycles. The summed E-state index contributed by atoms with van der Waals surface area (Å²) in [7, 11) is 0. The number of anilines is 4. The van der Waals surface area contributed by atoms with Gasteiger partial charge >= 0.3 is 5.97 Å². The fourth-order valence-corrected chi connectivity index (χ4v) is 4.58. The lowest BCUT2D eigenvalue weighted by molar-refractivity contribution is -0.133. The summed E-state index contributed by atoms with van der Waals surface area (Å²) in [5.74, 6) is -0.797. The Hall–Kier alpha value is -3.28. The van der Waals surface area contributed by atoms with Gasteiger partial charge in [0.15, 0.2) is 0 Å². The Labute approximate surface area is 211 Å². The molecule has 0 radical (unpaired) electrons. The lowest BCUT2D eigenvalue weighted by atomic mass is 10.2. The van der Waals surface area contributed by atoms with Crippen LogP contribution in [0.15, 0.2) is 64.6 Å². The topological polar surface area (TPSA) is 117 Å². The normalized spacial score (nSPS) is 13.3. The molecule has 11 heteroatoms. The van der Waals surface area contributed by atoms with Crippen molar-refractivity contribution < 1.29 is 19.4 Å². The number of nitrogens with one attached hydrogen (secondary N) is 2. The van der Waals surface area contributed by atoms with Crippen LogP contribution in [0.1, 0.15) is 5.56 Å². The van der Waals surface area contributed by atoms with Crippen LogP contribution in [-0.4, -0.2) is 58.3 Å². The number of carbonyl (C=O) groups excluding carboxylic acids is 1. The van der Waals surface area contributed by atoms with E-state index in [9.17, 15) is 9.59 Å². The van der Waals surface area contributed by atoms with Gasteiger partial charge in [-0.3, -0.25) is 9.59 Å². The van der Waals surface area contributed by atoms with Gasteiger partial charge in [0.2, 0.25) is 5.95 Å². The summed E-state index contributed by atoms with van der Waals surface area (Å²) in [5, 5.41) is 15.0. The molecule has 1 aromatic heterocycles. The number of hydrogen-bond donors (Lipinski definition) is 3. The minimum absolute atomic E-state index is 0.277. The number of carboxylic acid groups (broad SMARTS) is 1. The Kier molecular flexibility index (Phi) is 8.45. The van der Waals surface area contributed by atoms with Crippen LogP contribution in [0, 0.1) is 6.92 Å². The highest BCUT2D eigenvalue weighted by atomic mass is 32.2. The zero-order valence-electron chi connectivity index (χ0n) is 19.1. The summed E-state index contributed by atoms with van der Waals surface area (Å²) in [6.45, 7) is 5.25. The number of aromatic nitrogens is 2. The third-order valence-electron chi connectivity index (χ3n) is 5.07. The molecule has 35 heavy (non-hydrogen) atoms. The van der Waals surface area contributed by atoms with Crippen LogP contribution in [0.5, 0.6) is 0 Å². The van der Waals surface area contributed by atoms with Gasteiger partial charge in [0.05, 0.1) is 13.2 Å². The molecule has 0 atom stereocenters. The number of aliphatic carboxylic acids is 1. The molecule has 2 aromatic carbocycles. The monoisotopic (exact) mass is 511 g/mol. The van der Waals surface area contributed by atoms with E-state index >= 15 is 0 Å². The minimum Gasteiger partial charge on any atom is -0.481 e. The summed E-state index contributed by atoms with van der Waals surface area (Å²) in [4.78, 5) is 34.7. The number of hydrogen-bond acceptors (Lipinski definition) is 9. The highest BCUT2D eigenvalue weighted by Crippen LogP contribution is 2.30. The van der Waals surface area contributed by atoms with Crippen molar-refractivity contribution in [3.05, 3.63) is 60.3 Å². The van der Waals surface area contributed by atoms with E-state index in [0.717, 1.165) is 47.5 Å². The first kappa shape index (κ1) is 24.8. The number of rotatable bonds is 8. The summed E-state index contributed by atoms with van der Waals surface area (Å²) >= 11 is 2.21. The van der Waals surface area contributed by atoms with E-state index < -0.39 is 11.2 Å². The molecule has 4 rings (SSSR count). The molecule has 182 valence electrons. The van der Waals surface area contributed by atoms with Gasteiger partial charge in [-0.15, -0.1) is 0 Å². The van der Waals surface area contributed by atoms with Gasteiger partial charge in [0, 0.05) is 46.8 Å². The van der Waals surface area contributed by atoms with Crippen LogP contribution < -0.4 is 15.5 Å². The highest BCUT2D eigenvalue weighted by molar-refractivity contribution is 8.14. The Morgan fingerprint density at radius 3 is 2.43 bits per heavy atom. The average Bonchev–Trinajstić information content (AvgIpc) is 2.87. The fraction of sp³-hybridized carbons (Fsp3) is 0.250. The molecule has 1 saturated heterocycles. The molecule has 1 aliphatic rings. The van der Waals surface area contributed by atoms with Crippen LogP contribution >= 0.6 is 23.5 Å². The third kappa shape index (κ3) is 7.35. The van der Waals surface area contributed by atoms with E-state index in [1.807, 2.05) is 31.2 Å². The Bertz CT molecular complexity index is 1170. The number of ether oxygens (including phenoxy) is 1. The molecule has 9 nitrogen and oxygen atoms in total. The van der Waals surface area contributed by atoms with Crippen LogP contribution in [0.4, 0.5) is 27.8 Å². The smallest absolute Gasteiger partial charge is 0.314 e. The number of thioether (sulfide) groups is 1. The zero-order valence-corrected chi connectivity index (χ0v) is 20.7. The number of morpholine rings is 1. The summed E-state index contributed by atoms with van der Waals surface area (Å²) < 4.78 is 5.42.